The predicted molar refractivity (Wildman–Crippen MR) is 79.0 cm³/mol. The minimum Gasteiger partial charge on any atom is -0.426 e. The average Bonchev–Trinajstić information content (AvgIpc) is 2.51. The van der Waals surface area contributed by atoms with Crippen molar-refractivity contribution in [3.63, 3.8) is 0 Å². The Morgan fingerprint density at radius 2 is 2.04 bits per heavy atom. The van der Waals surface area contributed by atoms with Gasteiger partial charge in [-0.25, -0.2) is 8.78 Å². The zero-order valence-corrected chi connectivity index (χ0v) is 13.0. The summed E-state index contributed by atoms with van der Waals surface area (Å²) in [7, 11) is 0. The molecule has 2 unspecified atom stereocenters. The van der Waals surface area contributed by atoms with E-state index in [1.54, 1.807) is 0 Å². The Balaban J connectivity index is 2.11. The second kappa shape index (κ2) is 6.16. The number of aliphatic hydroxyl groups is 2. The van der Waals surface area contributed by atoms with E-state index in [0.29, 0.717) is 0 Å². The van der Waals surface area contributed by atoms with Gasteiger partial charge in [-0.3, -0.25) is 4.98 Å². The first-order valence-corrected chi connectivity index (χ1v) is 7.32. The first-order chi connectivity index (χ1) is 11.7. The fourth-order valence-electron chi connectivity index (χ4n) is 2.70. The van der Waals surface area contributed by atoms with Crippen LogP contribution in [0.3, 0.4) is 0 Å². The van der Waals surface area contributed by atoms with E-state index in [2.05, 4.69) is 9.72 Å². The van der Waals surface area contributed by atoms with Crippen LogP contribution in [-0.4, -0.2) is 27.5 Å². The van der Waals surface area contributed by atoms with Gasteiger partial charge in [0.05, 0.1) is 23.6 Å². The summed E-state index contributed by atoms with van der Waals surface area (Å²) >= 11 is 0. The van der Waals surface area contributed by atoms with Gasteiger partial charge in [0.15, 0.2) is 5.75 Å². The minimum atomic E-state index is -4.06. The van der Waals surface area contributed by atoms with Crippen molar-refractivity contribution in [2.75, 3.05) is 4.90 Å². The molecule has 2 aromatic rings. The quantitative estimate of drug-likeness (QED) is 0.826. The maximum Gasteiger partial charge on any atom is 0.444 e. The lowest BCUT2D eigenvalue weighted by Crippen LogP contribution is -2.54. The van der Waals surface area contributed by atoms with Crippen LogP contribution in [-0.2, 0) is 6.54 Å². The molecule has 25 heavy (non-hydrogen) atoms. The molecule has 0 saturated heterocycles. The highest BCUT2D eigenvalue weighted by Gasteiger charge is 2.51. The fourth-order valence-corrected chi connectivity index (χ4v) is 2.70. The monoisotopic (exact) mass is 358 g/mol. The summed E-state index contributed by atoms with van der Waals surface area (Å²) in [4.78, 5) is 4.46. The maximum atomic E-state index is 14.1. The summed E-state index contributed by atoms with van der Waals surface area (Å²) in [5.74, 6) is -2.17. The van der Waals surface area contributed by atoms with Gasteiger partial charge in [0.1, 0.15) is 11.6 Å². The highest BCUT2D eigenvalue weighted by atomic mass is 19.3. The Hall–Kier alpha value is -2.39. The van der Waals surface area contributed by atoms with Crippen LogP contribution >= 0.6 is 0 Å². The van der Waals surface area contributed by atoms with Crippen LogP contribution in [0, 0.1) is 11.6 Å². The van der Waals surface area contributed by atoms with Crippen molar-refractivity contribution in [1.29, 1.82) is 0 Å². The van der Waals surface area contributed by atoms with Gasteiger partial charge in [0, 0.05) is 12.7 Å². The number of fused-ring (bicyclic) bond motifs is 1. The maximum absolute atomic E-state index is 14.1. The van der Waals surface area contributed by atoms with Gasteiger partial charge in [-0.2, -0.15) is 8.78 Å². The number of hydrogen-bond acceptors (Lipinski definition) is 5. The summed E-state index contributed by atoms with van der Waals surface area (Å²) in [6, 6.07) is 3.19. The zero-order chi connectivity index (χ0) is 18.4. The Labute approximate surface area is 140 Å². The molecular weight excluding hydrogens is 344 g/mol. The van der Waals surface area contributed by atoms with Gasteiger partial charge in [-0.15, -0.1) is 0 Å². The molecule has 5 nitrogen and oxygen atoms in total. The molecule has 0 amide bonds. The highest BCUT2D eigenvalue weighted by Crippen LogP contribution is 2.46. The number of aromatic nitrogens is 1. The Kier molecular flexibility index (Phi) is 4.29. The van der Waals surface area contributed by atoms with E-state index >= 15 is 0 Å². The normalized spacial score (nSPS) is 20.0. The molecule has 0 fully saturated rings. The van der Waals surface area contributed by atoms with Crippen LogP contribution in [0.15, 0.2) is 30.6 Å². The number of aliphatic hydroxyl groups excluding tert-OH is 2. The molecular formula is C16H14F4N2O3. The highest BCUT2D eigenvalue weighted by molar-refractivity contribution is 5.65. The minimum absolute atomic E-state index is 0.0556. The first kappa shape index (κ1) is 17.4. The number of benzene rings is 1. The number of nitrogens with zero attached hydrogens (tertiary/aromatic N) is 2. The molecule has 1 aromatic carbocycles. The molecule has 0 spiro atoms. The largest absolute Gasteiger partial charge is 0.444 e. The molecule has 3 rings (SSSR count). The summed E-state index contributed by atoms with van der Waals surface area (Å²) in [6.07, 6.45) is -5.68. The van der Waals surface area contributed by atoms with E-state index in [-0.39, 0.29) is 17.8 Å². The van der Waals surface area contributed by atoms with Crippen molar-refractivity contribution in [2.45, 2.75) is 31.9 Å². The Morgan fingerprint density at radius 1 is 1.32 bits per heavy atom. The third-order valence-electron chi connectivity index (χ3n) is 3.80. The number of pyridine rings is 1. The van der Waals surface area contributed by atoms with Gasteiger partial charge in [-0.1, -0.05) is 0 Å². The molecule has 0 aliphatic carbocycles. The lowest BCUT2D eigenvalue weighted by molar-refractivity contribution is -0.246. The van der Waals surface area contributed by atoms with Crippen LogP contribution in [0.25, 0.3) is 0 Å². The molecule has 2 heterocycles. The predicted octanol–water partition coefficient (Wildman–Crippen LogP) is 2.72. The molecule has 0 saturated carbocycles. The van der Waals surface area contributed by atoms with Crippen LogP contribution in [0.5, 0.6) is 5.75 Å². The van der Waals surface area contributed by atoms with Crippen LogP contribution < -0.4 is 9.64 Å². The fraction of sp³-hybridized carbons (Fsp3) is 0.312. The first-order valence-electron chi connectivity index (χ1n) is 7.32. The molecule has 9 heteroatoms. The van der Waals surface area contributed by atoms with Crippen LogP contribution in [0.2, 0.25) is 0 Å². The van der Waals surface area contributed by atoms with Crippen molar-refractivity contribution in [3.05, 3.63) is 53.4 Å². The van der Waals surface area contributed by atoms with Crippen LogP contribution in [0.4, 0.5) is 23.2 Å². The van der Waals surface area contributed by atoms with E-state index in [9.17, 15) is 27.8 Å². The summed E-state index contributed by atoms with van der Waals surface area (Å²) in [5.41, 5.74) is -0.294. The van der Waals surface area contributed by atoms with E-state index in [1.165, 1.54) is 13.1 Å². The van der Waals surface area contributed by atoms with Crippen molar-refractivity contribution in [1.82, 2.24) is 4.98 Å². The molecule has 134 valence electrons. The van der Waals surface area contributed by atoms with E-state index in [0.717, 1.165) is 29.3 Å². The molecule has 2 atom stereocenters. The summed E-state index contributed by atoms with van der Waals surface area (Å²) < 4.78 is 59.9. The number of anilines is 1. The van der Waals surface area contributed by atoms with Gasteiger partial charge in [-0.05, 0) is 30.7 Å². The van der Waals surface area contributed by atoms with Crippen molar-refractivity contribution in [2.24, 2.45) is 0 Å². The number of hydrogen-bond donors (Lipinski definition) is 2. The van der Waals surface area contributed by atoms with Gasteiger partial charge in [0.2, 0.25) is 6.23 Å². The average molecular weight is 358 g/mol. The molecule has 1 aliphatic heterocycles. The summed E-state index contributed by atoms with van der Waals surface area (Å²) in [5, 5.41) is 19.7. The zero-order valence-electron chi connectivity index (χ0n) is 13.0. The number of alkyl halides is 2. The second-order valence-corrected chi connectivity index (χ2v) is 5.66. The Bertz CT molecular complexity index is 801. The lowest BCUT2D eigenvalue weighted by Gasteiger charge is -2.40. The van der Waals surface area contributed by atoms with E-state index in [4.69, 9.17) is 0 Å². The van der Waals surface area contributed by atoms with Gasteiger partial charge in [0.25, 0.3) is 0 Å². The molecule has 1 aliphatic rings. The van der Waals surface area contributed by atoms with E-state index in [1.807, 2.05) is 0 Å². The standard InChI is InChI=1S/C16H14F4N2O3/c1-8(23)13-11(18)2-3-12-14(13)25-16(19,20)15(24)22(12)7-9-4-10(17)6-21-5-9/h2-6,8,15,23-24H,7H2,1H3. The van der Waals surface area contributed by atoms with Gasteiger partial charge < -0.3 is 19.8 Å². The third-order valence-corrected chi connectivity index (χ3v) is 3.80. The Morgan fingerprint density at radius 3 is 2.68 bits per heavy atom. The third kappa shape index (κ3) is 3.12. The number of ether oxygens (including phenoxy) is 1. The van der Waals surface area contributed by atoms with Crippen molar-refractivity contribution in [3.8, 4) is 5.75 Å². The van der Waals surface area contributed by atoms with Crippen molar-refractivity contribution >= 4 is 5.69 Å². The smallest absolute Gasteiger partial charge is 0.426 e. The second-order valence-electron chi connectivity index (χ2n) is 5.66. The lowest BCUT2D eigenvalue weighted by atomic mass is 10.0. The SMILES string of the molecule is CC(O)c1c(F)ccc2c1OC(F)(F)C(O)N2Cc1cncc(F)c1. The summed E-state index contributed by atoms with van der Waals surface area (Å²) in [6.45, 7) is 0.870. The van der Waals surface area contributed by atoms with Crippen molar-refractivity contribution < 1.29 is 32.5 Å². The van der Waals surface area contributed by atoms with Crippen LogP contribution in [0.1, 0.15) is 24.2 Å². The molecule has 0 radical (unpaired) electrons. The molecule has 2 N–H and O–H groups in total. The molecule has 0 bridgehead atoms. The molecule has 1 aromatic heterocycles. The number of halogens is 4. The number of rotatable bonds is 3. The van der Waals surface area contributed by atoms with E-state index < -0.39 is 41.4 Å². The topological polar surface area (TPSA) is 65.8 Å². The van der Waals surface area contributed by atoms with Gasteiger partial charge >= 0.3 is 6.11 Å².